The van der Waals surface area contributed by atoms with E-state index in [9.17, 15) is 4.79 Å². The molecule has 0 atom stereocenters. The minimum Gasteiger partial charge on any atom is -0.355 e. The van der Waals surface area contributed by atoms with Gasteiger partial charge in [-0.2, -0.15) is 0 Å². The summed E-state index contributed by atoms with van der Waals surface area (Å²) in [5.74, 6) is 0.170. The lowest BCUT2D eigenvalue weighted by atomic mass is 9.79. The van der Waals surface area contributed by atoms with Gasteiger partial charge in [0.15, 0.2) is 0 Å². The molecule has 0 spiro atoms. The van der Waals surface area contributed by atoms with Crippen molar-refractivity contribution in [3.05, 3.63) is 0 Å². The fraction of sp³-hybridized carbons (Fsp3) is 0.938. The van der Waals surface area contributed by atoms with E-state index in [-0.39, 0.29) is 11.4 Å². The van der Waals surface area contributed by atoms with Crippen molar-refractivity contribution in [3.63, 3.8) is 0 Å². The third-order valence-electron chi connectivity index (χ3n) is 5.44. The lowest BCUT2D eigenvalue weighted by Gasteiger charge is -2.34. The predicted molar refractivity (Wildman–Crippen MR) is 78.8 cm³/mol. The summed E-state index contributed by atoms with van der Waals surface area (Å²) in [6.45, 7) is 3.11. The van der Waals surface area contributed by atoms with Gasteiger partial charge in [-0.15, -0.1) is 0 Å². The topological polar surface area (TPSA) is 55.1 Å². The molecule has 3 nitrogen and oxygen atoms in total. The highest BCUT2D eigenvalue weighted by atomic mass is 16.1. The van der Waals surface area contributed by atoms with E-state index in [2.05, 4.69) is 12.2 Å². The summed E-state index contributed by atoms with van der Waals surface area (Å²) in [6, 6.07) is 0. The normalized spacial score (nSPS) is 25.2. The van der Waals surface area contributed by atoms with E-state index in [0.717, 1.165) is 19.4 Å². The van der Waals surface area contributed by atoms with Gasteiger partial charge < -0.3 is 11.1 Å². The van der Waals surface area contributed by atoms with Crippen molar-refractivity contribution in [3.8, 4) is 0 Å². The molecule has 3 N–H and O–H groups in total. The van der Waals surface area contributed by atoms with Gasteiger partial charge in [0.25, 0.3) is 0 Å². The number of carbonyl (C=O) groups is 1. The molecule has 0 unspecified atom stereocenters. The molecule has 0 radical (unpaired) electrons. The molecule has 110 valence electrons. The zero-order chi connectivity index (χ0) is 13.8. The van der Waals surface area contributed by atoms with Crippen molar-refractivity contribution in [1.82, 2.24) is 5.32 Å². The van der Waals surface area contributed by atoms with Crippen LogP contribution in [0.25, 0.3) is 0 Å². The second-order valence-electron chi connectivity index (χ2n) is 6.94. The standard InChI is InChI=1S/C16H30N2O/c1-2-15(8-6-7-9-15)13-18-14(19)12-16(17)10-4-3-5-11-16/h2-13,17H2,1H3,(H,18,19). The molecule has 2 rings (SSSR count). The lowest BCUT2D eigenvalue weighted by Crippen LogP contribution is -2.47. The number of nitrogens with one attached hydrogen (secondary N) is 1. The number of hydrogen-bond donors (Lipinski definition) is 2. The Hall–Kier alpha value is -0.570. The van der Waals surface area contributed by atoms with Crippen LogP contribution < -0.4 is 11.1 Å². The predicted octanol–water partition coefficient (Wildman–Crippen LogP) is 3.12. The average Bonchev–Trinajstić information content (AvgIpc) is 2.86. The van der Waals surface area contributed by atoms with Crippen LogP contribution in [0, 0.1) is 5.41 Å². The highest BCUT2D eigenvalue weighted by Crippen LogP contribution is 2.40. The molecule has 0 saturated heterocycles. The monoisotopic (exact) mass is 266 g/mol. The number of rotatable bonds is 5. The van der Waals surface area contributed by atoms with Crippen LogP contribution in [0.1, 0.15) is 77.6 Å². The van der Waals surface area contributed by atoms with Crippen molar-refractivity contribution in [2.24, 2.45) is 11.1 Å². The van der Waals surface area contributed by atoms with Gasteiger partial charge >= 0.3 is 0 Å². The number of carbonyl (C=O) groups excluding carboxylic acids is 1. The Balaban J connectivity index is 1.77. The Morgan fingerprint density at radius 1 is 1.05 bits per heavy atom. The molecule has 3 heteroatoms. The molecule has 2 aliphatic rings. The first-order valence-electron chi connectivity index (χ1n) is 8.13. The lowest BCUT2D eigenvalue weighted by molar-refractivity contribution is -0.123. The third-order valence-corrected chi connectivity index (χ3v) is 5.44. The van der Waals surface area contributed by atoms with Crippen LogP contribution in [0.3, 0.4) is 0 Å². The van der Waals surface area contributed by atoms with Gasteiger partial charge in [0.1, 0.15) is 0 Å². The zero-order valence-corrected chi connectivity index (χ0v) is 12.5. The van der Waals surface area contributed by atoms with Crippen molar-refractivity contribution < 1.29 is 4.79 Å². The molecule has 0 bridgehead atoms. The van der Waals surface area contributed by atoms with Gasteiger partial charge in [0.2, 0.25) is 5.91 Å². The summed E-state index contributed by atoms with van der Waals surface area (Å²) in [6.07, 6.45) is 12.6. The van der Waals surface area contributed by atoms with E-state index < -0.39 is 0 Å². The van der Waals surface area contributed by atoms with E-state index in [0.29, 0.717) is 11.8 Å². The van der Waals surface area contributed by atoms with Crippen LogP contribution >= 0.6 is 0 Å². The molecule has 2 fully saturated rings. The van der Waals surface area contributed by atoms with Crippen LogP contribution in [-0.4, -0.2) is 18.0 Å². The molecule has 0 aromatic carbocycles. The van der Waals surface area contributed by atoms with E-state index in [1.54, 1.807) is 0 Å². The van der Waals surface area contributed by atoms with Gasteiger partial charge in [-0.05, 0) is 37.5 Å². The molecule has 0 aliphatic heterocycles. The molecule has 0 aromatic rings. The maximum Gasteiger partial charge on any atom is 0.221 e. The highest BCUT2D eigenvalue weighted by Gasteiger charge is 2.34. The second kappa shape index (κ2) is 6.25. The molecule has 1 amide bonds. The van der Waals surface area contributed by atoms with E-state index in [4.69, 9.17) is 5.73 Å². The average molecular weight is 266 g/mol. The van der Waals surface area contributed by atoms with Gasteiger partial charge in [0, 0.05) is 18.5 Å². The Kier molecular flexibility index (Phi) is 4.88. The van der Waals surface area contributed by atoms with E-state index in [1.807, 2.05) is 0 Å². The molecule has 19 heavy (non-hydrogen) atoms. The summed E-state index contributed by atoms with van der Waals surface area (Å²) < 4.78 is 0. The van der Waals surface area contributed by atoms with Crippen LogP contribution in [0.4, 0.5) is 0 Å². The van der Waals surface area contributed by atoms with E-state index >= 15 is 0 Å². The Bertz CT molecular complexity index is 302. The Labute approximate surface area is 117 Å². The summed E-state index contributed by atoms with van der Waals surface area (Å²) >= 11 is 0. The summed E-state index contributed by atoms with van der Waals surface area (Å²) in [5, 5.41) is 3.17. The first-order valence-corrected chi connectivity index (χ1v) is 8.13. The van der Waals surface area contributed by atoms with Gasteiger partial charge in [0.05, 0.1) is 0 Å². The largest absolute Gasteiger partial charge is 0.355 e. The third kappa shape index (κ3) is 3.95. The second-order valence-corrected chi connectivity index (χ2v) is 6.94. The van der Waals surface area contributed by atoms with Crippen molar-refractivity contribution in [1.29, 1.82) is 0 Å². The first kappa shape index (κ1) is 14.8. The molecule has 2 saturated carbocycles. The number of amides is 1. The van der Waals surface area contributed by atoms with Crippen molar-refractivity contribution in [2.45, 2.75) is 83.1 Å². The molecule has 0 heterocycles. The quantitative estimate of drug-likeness (QED) is 0.803. The molecular weight excluding hydrogens is 236 g/mol. The van der Waals surface area contributed by atoms with Gasteiger partial charge in [-0.25, -0.2) is 0 Å². The minimum absolute atomic E-state index is 0.170. The molecule has 2 aliphatic carbocycles. The number of nitrogens with two attached hydrogens (primary N) is 1. The van der Waals surface area contributed by atoms with Crippen molar-refractivity contribution in [2.75, 3.05) is 6.54 Å². The molecule has 0 aromatic heterocycles. The Morgan fingerprint density at radius 3 is 2.21 bits per heavy atom. The minimum atomic E-state index is -0.225. The van der Waals surface area contributed by atoms with Crippen LogP contribution in [0.15, 0.2) is 0 Å². The van der Waals surface area contributed by atoms with Crippen LogP contribution in [-0.2, 0) is 4.79 Å². The highest BCUT2D eigenvalue weighted by molar-refractivity contribution is 5.77. The molecular formula is C16H30N2O. The Morgan fingerprint density at radius 2 is 1.63 bits per heavy atom. The summed E-state index contributed by atoms with van der Waals surface area (Å²) in [7, 11) is 0. The SMILES string of the molecule is CCC1(CNC(=O)CC2(N)CCCCC2)CCCC1. The summed E-state index contributed by atoms with van der Waals surface area (Å²) in [4.78, 5) is 12.1. The van der Waals surface area contributed by atoms with Gasteiger partial charge in [-0.3, -0.25) is 4.79 Å². The van der Waals surface area contributed by atoms with E-state index in [1.165, 1.54) is 51.4 Å². The summed E-state index contributed by atoms with van der Waals surface area (Å²) in [5.41, 5.74) is 6.50. The number of hydrogen-bond acceptors (Lipinski definition) is 2. The fourth-order valence-corrected chi connectivity index (χ4v) is 3.88. The smallest absolute Gasteiger partial charge is 0.221 e. The fourth-order valence-electron chi connectivity index (χ4n) is 3.88. The van der Waals surface area contributed by atoms with Gasteiger partial charge in [-0.1, -0.05) is 39.0 Å². The maximum absolute atomic E-state index is 12.1. The first-order chi connectivity index (χ1) is 9.08. The zero-order valence-electron chi connectivity index (χ0n) is 12.5. The van der Waals surface area contributed by atoms with Crippen LogP contribution in [0.2, 0.25) is 0 Å². The van der Waals surface area contributed by atoms with Crippen LogP contribution in [0.5, 0.6) is 0 Å². The maximum atomic E-state index is 12.1. The van der Waals surface area contributed by atoms with Crippen molar-refractivity contribution >= 4 is 5.91 Å².